The number of nitrogens with one attached hydrogen (secondary N) is 1. The van der Waals surface area contributed by atoms with E-state index in [1.807, 2.05) is 0 Å². The van der Waals surface area contributed by atoms with Crippen LogP contribution in [0.15, 0.2) is 18.3 Å². The smallest absolute Gasteiger partial charge is 0.370 e. The van der Waals surface area contributed by atoms with E-state index in [0.717, 1.165) is 30.2 Å². The topological polar surface area (TPSA) is 92.3 Å². The molecule has 0 spiro atoms. The Bertz CT molecular complexity index is 1130. The number of hydrogen-bond donors (Lipinski definition) is 2. The van der Waals surface area contributed by atoms with E-state index in [1.165, 1.54) is 4.09 Å². The summed E-state index contributed by atoms with van der Waals surface area (Å²) in [6.07, 6.45) is 4.51. The molecule has 2 fully saturated rings. The number of halogens is 3. The Hall–Kier alpha value is -1.95. The summed E-state index contributed by atoms with van der Waals surface area (Å²) in [5.74, 6) is -3.29. The van der Waals surface area contributed by atoms with Crippen LogP contribution in [0.3, 0.4) is 0 Å². The van der Waals surface area contributed by atoms with Gasteiger partial charge in [-0.05, 0) is 25.3 Å². The Balaban J connectivity index is 1.29. The number of ether oxygens (including phenoxy) is 1. The van der Waals surface area contributed by atoms with Crippen molar-refractivity contribution in [3.05, 3.63) is 52.6 Å². The van der Waals surface area contributed by atoms with Gasteiger partial charge in [0.2, 0.25) is 5.69 Å². The van der Waals surface area contributed by atoms with Gasteiger partial charge in [0, 0.05) is 34.3 Å². The van der Waals surface area contributed by atoms with Crippen LogP contribution in [0.5, 0.6) is 0 Å². The molecule has 3 N–H and O–H groups in total. The van der Waals surface area contributed by atoms with Crippen molar-refractivity contribution in [3.63, 3.8) is 0 Å². The molecule has 3 heterocycles. The van der Waals surface area contributed by atoms with Crippen LogP contribution in [0.2, 0.25) is 0 Å². The van der Waals surface area contributed by atoms with Crippen LogP contribution in [-0.2, 0) is 27.8 Å². The number of aromatic nitrogens is 2. The van der Waals surface area contributed by atoms with Gasteiger partial charge in [-0.15, -0.1) is 0 Å². The molecule has 174 valence electrons. The minimum absolute atomic E-state index is 0.0942. The zero-order chi connectivity index (χ0) is 22.6. The Morgan fingerprint density at radius 2 is 1.81 bits per heavy atom. The first-order valence-electron chi connectivity index (χ1n) is 10.9. The van der Waals surface area contributed by atoms with Crippen molar-refractivity contribution >= 4 is 10.0 Å². The molecule has 0 radical (unpaired) electrons. The standard InChI is InChI=1S/C21H25F3N4O3S/c22-16-7-18(24)17(23)6-15(16)21-19(25)5-13(11-31-21)27-9-12-8-26-28(20(12)10-27)32(29,30)14-3-1-2-4-14/h6-8,13-14,19,21H,1-5,9-11,25H2/p+1/t13-,19+,21?/m1/s1. The fourth-order valence-corrected chi connectivity index (χ4v) is 7.10. The minimum atomic E-state index is -3.47. The maximum atomic E-state index is 14.2. The monoisotopic (exact) mass is 471 g/mol. The molecular formula is C21H26F3N4O3S+. The molecule has 1 aliphatic carbocycles. The summed E-state index contributed by atoms with van der Waals surface area (Å²) in [5, 5.41) is 2.55. The number of aromatic amines is 1. The highest BCUT2D eigenvalue weighted by Gasteiger charge is 2.45. The molecular weight excluding hydrogens is 445 g/mol. The van der Waals surface area contributed by atoms with Crippen LogP contribution >= 0.6 is 0 Å². The number of rotatable bonds is 4. The molecule has 0 bridgehead atoms. The number of fused-ring (bicyclic) bond motifs is 1. The van der Waals surface area contributed by atoms with Gasteiger partial charge < -0.3 is 10.5 Å². The van der Waals surface area contributed by atoms with Gasteiger partial charge in [0.25, 0.3) is 0 Å². The molecule has 1 aromatic heterocycles. The molecule has 1 aromatic carbocycles. The number of hydrogen-bond acceptors (Lipinski definition) is 5. The molecule has 32 heavy (non-hydrogen) atoms. The lowest BCUT2D eigenvalue weighted by Gasteiger charge is -2.38. The maximum absolute atomic E-state index is 14.2. The average molecular weight is 472 g/mol. The second-order valence-corrected chi connectivity index (χ2v) is 11.0. The Morgan fingerprint density at radius 3 is 2.53 bits per heavy atom. The highest BCUT2D eigenvalue weighted by molar-refractivity contribution is 7.85. The largest absolute Gasteiger partial charge is 0.393 e. The minimum Gasteiger partial charge on any atom is -0.370 e. The normalized spacial score (nSPS) is 27.2. The van der Waals surface area contributed by atoms with Crippen molar-refractivity contribution in [2.75, 3.05) is 6.61 Å². The van der Waals surface area contributed by atoms with Crippen molar-refractivity contribution in [2.45, 2.75) is 68.6 Å². The van der Waals surface area contributed by atoms with Crippen LogP contribution in [0.1, 0.15) is 55.0 Å². The SMILES string of the molecule is N[C@H]1C[C@@H](N2Cc3c[nH][n+](S(=O)(=O)C4CCCC4)c3C2)COC1c1cc(F)c(F)cc1F. The molecule has 7 nitrogen and oxygen atoms in total. The second kappa shape index (κ2) is 8.12. The predicted molar refractivity (Wildman–Crippen MR) is 108 cm³/mol. The third kappa shape index (κ3) is 3.64. The van der Waals surface area contributed by atoms with Gasteiger partial charge in [0.1, 0.15) is 17.2 Å². The number of benzene rings is 1. The Kier molecular flexibility index (Phi) is 5.55. The molecule has 1 saturated heterocycles. The van der Waals surface area contributed by atoms with E-state index in [-0.39, 0.29) is 23.5 Å². The second-order valence-electron chi connectivity index (χ2n) is 8.96. The Labute approximate surface area is 184 Å². The number of nitrogens with two attached hydrogens (primary N) is 1. The first kappa shape index (κ1) is 21.9. The first-order chi connectivity index (χ1) is 15.3. The van der Waals surface area contributed by atoms with Crippen molar-refractivity contribution < 1.29 is 30.4 Å². The highest BCUT2D eigenvalue weighted by Crippen LogP contribution is 2.34. The van der Waals surface area contributed by atoms with Crippen molar-refractivity contribution in [3.8, 4) is 0 Å². The average Bonchev–Trinajstić information content (AvgIpc) is 3.48. The van der Waals surface area contributed by atoms with E-state index in [1.54, 1.807) is 6.20 Å². The van der Waals surface area contributed by atoms with Crippen LogP contribution in [0, 0.1) is 17.5 Å². The Morgan fingerprint density at radius 1 is 1.09 bits per heavy atom. The molecule has 2 aliphatic heterocycles. The molecule has 5 rings (SSSR count). The van der Waals surface area contributed by atoms with Crippen molar-refractivity contribution in [2.24, 2.45) is 5.73 Å². The van der Waals surface area contributed by atoms with E-state index < -0.39 is 39.6 Å². The summed E-state index contributed by atoms with van der Waals surface area (Å²) in [7, 11) is -3.47. The van der Waals surface area contributed by atoms with Crippen molar-refractivity contribution in [1.29, 1.82) is 0 Å². The van der Waals surface area contributed by atoms with Crippen LogP contribution < -0.4 is 9.82 Å². The maximum Gasteiger partial charge on any atom is 0.393 e. The summed E-state index contributed by atoms with van der Waals surface area (Å²) in [6, 6.07) is 0.575. The van der Waals surface area contributed by atoms with Gasteiger partial charge in [0.05, 0.1) is 24.9 Å². The molecule has 1 saturated carbocycles. The molecule has 1 unspecified atom stereocenters. The van der Waals surface area contributed by atoms with E-state index in [0.29, 0.717) is 38.4 Å². The third-order valence-corrected chi connectivity index (χ3v) is 9.09. The van der Waals surface area contributed by atoms with Gasteiger partial charge in [-0.1, -0.05) is 12.8 Å². The predicted octanol–water partition coefficient (Wildman–Crippen LogP) is 2.01. The highest BCUT2D eigenvalue weighted by atomic mass is 32.2. The van der Waals surface area contributed by atoms with Gasteiger partial charge in [-0.2, -0.15) is 13.5 Å². The quantitative estimate of drug-likeness (QED) is 0.526. The lowest BCUT2D eigenvalue weighted by Crippen LogP contribution is -2.53. The lowest BCUT2D eigenvalue weighted by atomic mass is 9.93. The zero-order valence-electron chi connectivity index (χ0n) is 17.4. The van der Waals surface area contributed by atoms with Gasteiger partial charge in [-0.25, -0.2) is 13.2 Å². The van der Waals surface area contributed by atoms with E-state index in [2.05, 4.69) is 10.00 Å². The summed E-state index contributed by atoms with van der Waals surface area (Å²) in [4.78, 5) is 2.09. The molecule has 3 atom stereocenters. The molecule has 2 aromatic rings. The summed E-state index contributed by atoms with van der Waals surface area (Å²) >= 11 is 0. The fraction of sp³-hybridized carbons (Fsp3) is 0.571. The fourth-order valence-electron chi connectivity index (χ4n) is 5.19. The number of nitrogens with zero attached hydrogens (tertiary/aromatic N) is 2. The molecule has 11 heteroatoms. The summed E-state index contributed by atoms with van der Waals surface area (Å²) in [5.41, 5.74) is 7.78. The number of H-pyrrole nitrogens is 1. The summed E-state index contributed by atoms with van der Waals surface area (Å²) in [6.45, 7) is 1.19. The van der Waals surface area contributed by atoms with Crippen molar-refractivity contribution in [1.82, 2.24) is 10.00 Å². The van der Waals surface area contributed by atoms with Gasteiger partial charge >= 0.3 is 10.0 Å². The van der Waals surface area contributed by atoms with E-state index in [9.17, 15) is 21.6 Å². The summed E-state index contributed by atoms with van der Waals surface area (Å²) < 4.78 is 74.3. The lowest BCUT2D eigenvalue weighted by molar-refractivity contribution is -0.585. The van der Waals surface area contributed by atoms with Gasteiger partial charge in [0.15, 0.2) is 11.6 Å². The first-order valence-corrected chi connectivity index (χ1v) is 12.4. The van der Waals surface area contributed by atoms with Crippen LogP contribution in [0.25, 0.3) is 0 Å². The molecule has 0 amide bonds. The van der Waals surface area contributed by atoms with Gasteiger partial charge in [-0.3, -0.25) is 4.90 Å². The third-order valence-electron chi connectivity index (χ3n) is 6.94. The van der Waals surface area contributed by atoms with E-state index >= 15 is 0 Å². The van der Waals surface area contributed by atoms with E-state index in [4.69, 9.17) is 10.5 Å². The molecule has 3 aliphatic rings. The van der Waals surface area contributed by atoms with Crippen LogP contribution in [0.4, 0.5) is 13.2 Å². The van der Waals surface area contributed by atoms with Crippen LogP contribution in [-0.4, -0.2) is 42.4 Å². The zero-order valence-corrected chi connectivity index (χ0v) is 18.3.